The van der Waals surface area contributed by atoms with Crippen LogP contribution in [0.3, 0.4) is 0 Å². The van der Waals surface area contributed by atoms with Gasteiger partial charge >= 0.3 is 0 Å². The second kappa shape index (κ2) is 6.46. The van der Waals surface area contributed by atoms with Crippen LogP contribution < -0.4 is 4.74 Å². The highest BCUT2D eigenvalue weighted by atomic mass is 35.5. The molecule has 0 aliphatic carbocycles. The largest absolute Gasteiger partial charge is 0.496 e. The normalized spacial score (nSPS) is 13.5. The first-order valence-corrected chi connectivity index (χ1v) is 10.4. The third-order valence-corrected chi connectivity index (χ3v) is 5.06. The molecule has 0 N–H and O–H groups in total. The molecular weight excluding hydrogens is 248 g/mol. The van der Waals surface area contributed by atoms with Gasteiger partial charge in [-0.25, -0.2) is 0 Å². The average molecular weight is 271 g/mol. The zero-order chi connectivity index (χ0) is 12.9. The minimum atomic E-state index is -1.05. The highest BCUT2D eigenvalue weighted by Gasteiger charge is 2.21. The molecule has 96 valence electrons. The van der Waals surface area contributed by atoms with Gasteiger partial charge in [-0.15, -0.1) is 11.6 Å². The van der Waals surface area contributed by atoms with Gasteiger partial charge in [0.15, 0.2) is 0 Å². The molecule has 0 bridgehead atoms. The lowest BCUT2D eigenvalue weighted by Gasteiger charge is -2.23. The summed E-state index contributed by atoms with van der Waals surface area (Å²) in [5, 5.41) is 0. The van der Waals surface area contributed by atoms with E-state index in [2.05, 4.69) is 31.8 Å². The van der Waals surface area contributed by atoms with Crippen molar-refractivity contribution in [2.24, 2.45) is 5.92 Å². The van der Waals surface area contributed by atoms with E-state index in [1.54, 1.807) is 7.11 Å². The molecule has 0 radical (unpaired) electrons. The third kappa shape index (κ3) is 5.13. The Morgan fingerprint density at radius 1 is 1.24 bits per heavy atom. The maximum absolute atomic E-state index is 6.10. The predicted octanol–water partition coefficient (Wildman–Crippen LogP) is 4.43. The smallest absolute Gasteiger partial charge is 0.122 e. The van der Waals surface area contributed by atoms with Gasteiger partial charge in [0.05, 0.1) is 7.11 Å². The Bertz CT molecular complexity index is 346. The van der Waals surface area contributed by atoms with E-state index in [1.807, 2.05) is 12.1 Å². The molecule has 1 rings (SSSR count). The fourth-order valence-corrected chi connectivity index (χ4v) is 4.65. The fourth-order valence-electron chi connectivity index (χ4n) is 2.23. The molecule has 1 atom stereocenters. The molecule has 1 unspecified atom stereocenters. The Labute approximate surface area is 111 Å². The number of rotatable bonds is 6. The van der Waals surface area contributed by atoms with Gasteiger partial charge in [0.1, 0.15) is 5.75 Å². The lowest BCUT2D eigenvalue weighted by molar-refractivity contribution is 0.407. The first kappa shape index (κ1) is 14.6. The zero-order valence-corrected chi connectivity index (χ0v) is 13.1. The first-order chi connectivity index (χ1) is 7.96. The van der Waals surface area contributed by atoms with Crippen molar-refractivity contribution in [2.75, 3.05) is 13.0 Å². The van der Waals surface area contributed by atoms with Crippen LogP contribution in [0.25, 0.3) is 0 Å². The van der Waals surface area contributed by atoms with Gasteiger partial charge in [0, 0.05) is 14.0 Å². The molecule has 0 amide bonds. The SMILES string of the molecule is COc1ccccc1CC(CCl)C[Si](C)(C)C. The second-order valence-corrected chi connectivity index (χ2v) is 11.6. The van der Waals surface area contributed by atoms with Crippen molar-refractivity contribution >= 4 is 19.7 Å². The second-order valence-electron chi connectivity index (χ2n) is 5.80. The Hall–Kier alpha value is -0.473. The number of hydrogen-bond acceptors (Lipinski definition) is 1. The molecule has 0 aliphatic heterocycles. The van der Waals surface area contributed by atoms with Crippen molar-refractivity contribution in [1.29, 1.82) is 0 Å². The quantitative estimate of drug-likeness (QED) is 0.549. The van der Waals surface area contributed by atoms with Crippen LogP contribution in [0.5, 0.6) is 5.75 Å². The van der Waals surface area contributed by atoms with E-state index in [1.165, 1.54) is 11.6 Å². The van der Waals surface area contributed by atoms with Crippen LogP contribution in [-0.4, -0.2) is 21.1 Å². The fraction of sp³-hybridized carbons (Fsp3) is 0.571. The van der Waals surface area contributed by atoms with Crippen LogP contribution in [-0.2, 0) is 6.42 Å². The van der Waals surface area contributed by atoms with Crippen LogP contribution in [0.2, 0.25) is 25.7 Å². The van der Waals surface area contributed by atoms with E-state index in [0.29, 0.717) is 5.92 Å². The molecule has 1 aromatic carbocycles. The molecule has 0 saturated carbocycles. The number of para-hydroxylation sites is 1. The van der Waals surface area contributed by atoms with Crippen molar-refractivity contribution < 1.29 is 4.74 Å². The van der Waals surface area contributed by atoms with Crippen LogP contribution >= 0.6 is 11.6 Å². The molecule has 17 heavy (non-hydrogen) atoms. The summed E-state index contributed by atoms with van der Waals surface area (Å²) in [5.41, 5.74) is 1.28. The highest BCUT2D eigenvalue weighted by molar-refractivity contribution is 6.76. The van der Waals surface area contributed by atoms with E-state index in [9.17, 15) is 0 Å². The van der Waals surface area contributed by atoms with Crippen LogP contribution in [0.1, 0.15) is 5.56 Å². The zero-order valence-electron chi connectivity index (χ0n) is 11.3. The Balaban J connectivity index is 2.73. The number of halogens is 1. The molecule has 0 aliphatic rings. The lowest BCUT2D eigenvalue weighted by atomic mass is 10.0. The van der Waals surface area contributed by atoms with Crippen molar-refractivity contribution in [3.05, 3.63) is 29.8 Å². The molecular formula is C14H23ClOSi. The highest BCUT2D eigenvalue weighted by Crippen LogP contribution is 2.26. The molecule has 0 spiro atoms. The Kier molecular flexibility index (Phi) is 5.54. The van der Waals surface area contributed by atoms with Gasteiger partial charge in [-0.3, -0.25) is 0 Å². The molecule has 0 fully saturated rings. The first-order valence-electron chi connectivity index (χ1n) is 6.14. The molecule has 1 aromatic rings. The number of hydrogen-bond donors (Lipinski definition) is 0. The van der Waals surface area contributed by atoms with Gasteiger partial charge < -0.3 is 4.74 Å². The maximum atomic E-state index is 6.10. The monoisotopic (exact) mass is 270 g/mol. The van der Waals surface area contributed by atoms with E-state index in [0.717, 1.165) is 18.1 Å². The Morgan fingerprint density at radius 2 is 1.88 bits per heavy atom. The summed E-state index contributed by atoms with van der Waals surface area (Å²) in [6, 6.07) is 9.51. The number of alkyl halides is 1. The number of methoxy groups -OCH3 is 1. The van der Waals surface area contributed by atoms with E-state index in [4.69, 9.17) is 16.3 Å². The molecule has 3 heteroatoms. The summed E-state index contributed by atoms with van der Waals surface area (Å²) in [4.78, 5) is 0. The summed E-state index contributed by atoms with van der Waals surface area (Å²) >= 11 is 6.10. The lowest BCUT2D eigenvalue weighted by Crippen LogP contribution is -2.25. The molecule has 0 aromatic heterocycles. The third-order valence-electron chi connectivity index (χ3n) is 2.82. The van der Waals surface area contributed by atoms with Crippen molar-refractivity contribution in [1.82, 2.24) is 0 Å². The van der Waals surface area contributed by atoms with Gasteiger partial charge in [-0.1, -0.05) is 43.9 Å². The maximum Gasteiger partial charge on any atom is 0.122 e. The minimum absolute atomic E-state index is 0.569. The van der Waals surface area contributed by atoms with E-state index >= 15 is 0 Å². The van der Waals surface area contributed by atoms with Crippen molar-refractivity contribution in [3.63, 3.8) is 0 Å². The number of ether oxygens (including phenoxy) is 1. The van der Waals surface area contributed by atoms with Crippen LogP contribution in [0, 0.1) is 5.92 Å². The van der Waals surface area contributed by atoms with Gasteiger partial charge in [0.2, 0.25) is 0 Å². The molecule has 0 heterocycles. The topological polar surface area (TPSA) is 9.23 Å². The average Bonchev–Trinajstić information content (AvgIpc) is 2.27. The van der Waals surface area contributed by atoms with Crippen molar-refractivity contribution in [2.45, 2.75) is 32.1 Å². The summed E-state index contributed by atoms with van der Waals surface area (Å²) in [7, 11) is 0.681. The summed E-state index contributed by atoms with van der Waals surface area (Å²) in [6.45, 7) is 7.19. The summed E-state index contributed by atoms with van der Waals surface area (Å²) in [5.74, 6) is 2.29. The van der Waals surface area contributed by atoms with E-state index in [-0.39, 0.29) is 0 Å². The molecule has 0 saturated heterocycles. The summed E-state index contributed by atoms with van der Waals surface area (Å²) in [6.07, 6.45) is 1.03. The number of benzene rings is 1. The van der Waals surface area contributed by atoms with E-state index < -0.39 is 8.07 Å². The van der Waals surface area contributed by atoms with Gasteiger partial charge in [0.25, 0.3) is 0 Å². The summed E-state index contributed by atoms with van der Waals surface area (Å²) < 4.78 is 5.39. The standard InChI is InChI=1S/C14H23ClOSi/c1-16-14-8-6-5-7-13(14)9-12(10-15)11-17(2,3)4/h5-8,12H,9-11H2,1-4H3. The minimum Gasteiger partial charge on any atom is -0.496 e. The van der Waals surface area contributed by atoms with Crippen molar-refractivity contribution in [3.8, 4) is 5.75 Å². The van der Waals surface area contributed by atoms with Gasteiger partial charge in [-0.2, -0.15) is 0 Å². The predicted molar refractivity (Wildman–Crippen MR) is 79.1 cm³/mol. The Morgan fingerprint density at radius 3 is 2.41 bits per heavy atom. The van der Waals surface area contributed by atoms with Gasteiger partial charge in [-0.05, 0) is 24.0 Å². The van der Waals surface area contributed by atoms with Crippen LogP contribution in [0.4, 0.5) is 0 Å². The molecule has 1 nitrogen and oxygen atoms in total. The van der Waals surface area contributed by atoms with Crippen LogP contribution in [0.15, 0.2) is 24.3 Å².